The molecule has 1 heterocycles. The third-order valence-electron chi connectivity index (χ3n) is 2.96. The van der Waals surface area contributed by atoms with Crippen molar-refractivity contribution in [2.75, 3.05) is 13.1 Å². The summed E-state index contributed by atoms with van der Waals surface area (Å²) in [5.41, 5.74) is 0.408. The number of allylic oxidation sites excluding steroid dienone is 1. The maximum atomic E-state index is 11.6. The summed E-state index contributed by atoms with van der Waals surface area (Å²) in [7, 11) is 0. The van der Waals surface area contributed by atoms with Crippen LogP contribution in [-0.4, -0.2) is 23.9 Å². The Hall–Kier alpha value is -0.790. The lowest BCUT2D eigenvalue weighted by Gasteiger charge is -2.22. The largest absolute Gasteiger partial charge is 0.339 e. The number of amides is 1. The highest BCUT2D eigenvalue weighted by Gasteiger charge is 2.24. The van der Waals surface area contributed by atoms with Crippen LogP contribution in [0.2, 0.25) is 0 Å². The van der Waals surface area contributed by atoms with Crippen LogP contribution in [0.4, 0.5) is 0 Å². The molecule has 0 aromatic carbocycles. The molecule has 2 nitrogen and oxygen atoms in total. The van der Waals surface area contributed by atoms with Gasteiger partial charge < -0.3 is 4.90 Å². The zero-order valence-corrected chi connectivity index (χ0v) is 9.55. The van der Waals surface area contributed by atoms with Crippen LogP contribution in [0.5, 0.6) is 0 Å². The third kappa shape index (κ3) is 3.17. The second kappa shape index (κ2) is 4.63. The fraction of sp³-hybridized carbons (Fsp3) is 0.750. The van der Waals surface area contributed by atoms with Gasteiger partial charge in [-0.1, -0.05) is 19.9 Å². The Morgan fingerprint density at radius 3 is 2.64 bits per heavy atom. The van der Waals surface area contributed by atoms with Crippen molar-refractivity contribution in [1.82, 2.24) is 4.90 Å². The van der Waals surface area contributed by atoms with Crippen molar-refractivity contribution in [3.05, 3.63) is 12.2 Å². The SMILES string of the molecule is CC=CC(=O)N1CCCC(C)(C)CC1. The molecular formula is C12H21NO. The molecule has 1 amide bonds. The van der Waals surface area contributed by atoms with Crippen molar-refractivity contribution >= 4 is 5.91 Å². The molecule has 2 heteroatoms. The number of likely N-dealkylation sites (tertiary alicyclic amines) is 1. The quantitative estimate of drug-likeness (QED) is 0.589. The van der Waals surface area contributed by atoms with Crippen LogP contribution in [0.3, 0.4) is 0 Å². The Bertz CT molecular complexity index is 230. The molecule has 0 aliphatic carbocycles. The lowest BCUT2D eigenvalue weighted by Crippen LogP contribution is -2.30. The summed E-state index contributed by atoms with van der Waals surface area (Å²) in [6, 6.07) is 0. The Morgan fingerprint density at radius 2 is 2.00 bits per heavy atom. The van der Waals surface area contributed by atoms with Crippen LogP contribution in [0.15, 0.2) is 12.2 Å². The van der Waals surface area contributed by atoms with Crippen LogP contribution < -0.4 is 0 Å². The molecule has 0 bridgehead atoms. The second-order valence-corrected chi connectivity index (χ2v) is 4.84. The topological polar surface area (TPSA) is 20.3 Å². The van der Waals surface area contributed by atoms with Crippen molar-refractivity contribution in [3.63, 3.8) is 0 Å². The van der Waals surface area contributed by atoms with E-state index in [1.165, 1.54) is 6.42 Å². The van der Waals surface area contributed by atoms with Crippen LogP contribution in [-0.2, 0) is 4.79 Å². The number of hydrogen-bond acceptors (Lipinski definition) is 1. The van der Waals surface area contributed by atoms with E-state index in [2.05, 4.69) is 13.8 Å². The molecule has 80 valence electrons. The minimum Gasteiger partial charge on any atom is -0.339 e. The summed E-state index contributed by atoms with van der Waals surface area (Å²) < 4.78 is 0. The average Bonchev–Trinajstić information content (AvgIpc) is 2.27. The summed E-state index contributed by atoms with van der Waals surface area (Å²) in [5, 5.41) is 0. The van der Waals surface area contributed by atoms with Crippen molar-refractivity contribution in [1.29, 1.82) is 0 Å². The Kier molecular flexibility index (Phi) is 3.73. The molecule has 0 N–H and O–H groups in total. The Balaban J connectivity index is 2.54. The summed E-state index contributed by atoms with van der Waals surface area (Å²) in [5.74, 6) is 0.171. The first-order chi connectivity index (χ1) is 6.55. The van der Waals surface area contributed by atoms with Crippen LogP contribution in [0.25, 0.3) is 0 Å². The summed E-state index contributed by atoms with van der Waals surface area (Å²) in [6.45, 7) is 8.30. The van der Waals surface area contributed by atoms with E-state index in [1.54, 1.807) is 6.08 Å². The molecule has 0 aromatic heterocycles. The molecule has 0 radical (unpaired) electrons. The van der Waals surface area contributed by atoms with Crippen molar-refractivity contribution in [2.24, 2.45) is 5.41 Å². The van der Waals surface area contributed by atoms with Gasteiger partial charge in [-0.3, -0.25) is 4.79 Å². The molecule has 0 spiro atoms. The number of carbonyl (C=O) groups excluding carboxylic acids is 1. The van der Waals surface area contributed by atoms with Gasteiger partial charge in [-0.15, -0.1) is 0 Å². The molecule has 0 atom stereocenters. The van der Waals surface area contributed by atoms with Gasteiger partial charge in [0.05, 0.1) is 0 Å². The molecule has 1 aliphatic heterocycles. The number of rotatable bonds is 1. The third-order valence-corrected chi connectivity index (χ3v) is 2.96. The molecule has 1 rings (SSSR count). The van der Waals surface area contributed by atoms with Gasteiger partial charge in [0.15, 0.2) is 0 Å². The van der Waals surface area contributed by atoms with Crippen molar-refractivity contribution < 1.29 is 4.79 Å². The molecular weight excluding hydrogens is 174 g/mol. The van der Waals surface area contributed by atoms with Gasteiger partial charge in [-0.2, -0.15) is 0 Å². The zero-order chi connectivity index (χ0) is 10.6. The first kappa shape index (κ1) is 11.3. The first-order valence-corrected chi connectivity index (χ1v) is 5.47. The van der Waals surface area contributed by atoms with Gasteiger partial charge in [-0.25, -0.2) is 0 Å². The standard InChI is InChI=1S/C12H21NO/c1-4-6-11(14)13-9-5-7-12(2,3)8-10-13/h4,6H,5,7-10H2,1-3H3. The Labute approximate surface area is 87.0 Å². The Morgan fingerprint density at radius 1 is 1.29 bits per heavy atom. The van der Waals surface area contributed by atoms with Crippen molar-refractivity contribution in [2.45, 2.75) is 40.0 Å². The van der Waals surface area contributed by atoms with E-state index in [1.807, 2.05) is 17.9 Å². The van der Waals surface area contributed by atoms with Gasteiger partial charge in [0.1, 0.15) is 0 Å². The maximum Gasteiger partial charge on any atom is 0.246 e. The highest BCUT2D eigenvalue weighted by atomic mass is 16.2. The minimum atomic E-state index is 0.171. The van der Waals surface area contributed by atoms with Gasteiger partial charge in [0.25, 0.3) is 0 Å². The van der Waals surface area contributed by atoms with Crippen molar-refractivity contribution in [3.8, 4) is 0 Å². The molecule has 0 aromatic rings. The fourth-order valence-corrected chi connectivity index (χ4v) is 1.89. The monoisotopic (exact) mass is 195 g/mol. The highest BCUT2D eigenvalue weighted by molar-refractivity contribution is 5.87. The smallest absolute Gasteiger partial charge is 0.246 e. The van der Waals surface area contributed by atoms with Crippen LogP contribution in [0, 0.1) is 5.41 Å². The molecule has 1 fully saturated rings. The van der Waals surface area contributed by atoms with Gasteiger partial charge in [0, 0.05) is 13.1 Å². The molecule has 1 aliphatic rings. The van der Waals surface area contributed by atoms with Crippen LogP contribution in [0.1, 0.15) is 40.0 Å². The molecule has 0 unspecified atom stereocenters. The second-order valence-electron chi connectivity index (χ2n) is 4.84. The van der Waals surface area contributed by atoms with Crippen LogP contribution >= 0.6 is 0 Å². The van der Waals surface area contributed by atoms with Gasteiger partial charge in [0.2, 0.25) is 5.91 Å². The normalized spacial score (nSPS) is 22.4. The summed E-state index contributed by atoms with van der Waals surface area (Å²) >= 11 is 0. The predicted octanol–water partition coefficient (Wildman–Crippen LogP) is 2.60. The van der Waals surface area contributed by atoms with E-state index in [0.717, 1.165) is 25.9 Å². The predicted molar refractivity (Wildman–Crippen MR) is 59.0 cm³/mol. The molecule has 0 saturated carbocycles. The zero-order valence-electron chi connectivity index (χ0n) is 9.55. The maximum absolute atomic E-state index is 11.6. The lowest BCUT2D eigenvalue weighted by atomic mass is 9.85. The average molecular weight is 195 g/mol. The first-order valence-electron chi connectivity index (χ1n) is 5.47. The van der Waals surface area contributed by atoms with E-state index in [9.17, 15) is 4.79 Å². The minimum absolute atomic E-state index is 0.171. The van der Waals surface area contributed by atoms with E-state index < -0.39 is 0 Å². The van der Waals surface area contributed by atoms with Gasteiger partial charge >= 0.3 is 0 Å². The number of hydrogen-bond donors (Lipinski definition) is 0. The summed E-state index contributed by atoms with van der Waals surface area (Å²) in [4.78, 5) is 13.6. The summed E-state index contributed by atoms with van der Waals surface area (Å²) in [6.07, 6.45) is 6.97. The molecule has 1 saturated heterocycles. The van der Waals surface area contributed by atoms with E-state index in [4.69, 9.17) is 0 Å². The van der Waals surface area contributed by atoms with Gasteiger partial charge in [-0.05, 0) is 37.7 Å². The fourth-order valence-electron chi connectivity index (χ4n) is 1.89. The van der Waals surface area contributed by atoms with E-state index in [0.29, 0.717) is 5.41 Å². The van der Waals surface area contributed by atoms with E-state index in [-0.39, 0.29) is 5.91 Å². The molecule has 14 heavy (non-hydrogen) atoms. The lowest BCUT2D eigenvalue weighted by molar-refractivity contribution is -0.126. The highest BCUT2D eigenvalue weighted by Crippen LogP contribution is 2.29. The van der Waals surface area contributed by atoms with E-state index >= 15 is 0 Å². The number of carbonyl (C=O) groups is 1. The number of nitrogens with zero attached hydrogens (tertiary/aromatic N) is 1.